The molecular weight excluding hydrogens is 394 g/mol. The summed E-state index contributed by atoms with van der Waals surface area (Å²) in [5, 5.41) is 2.88. The van der Waals surface area contributed by atoms with E-state index in [4.69, 9.17) is 4.74 Å². The van der Waals surface area contributed by atoms with E-state index in [1.165, 1.54) is 11.3 Å². The fourth-order valence-electron chi connectivity index (χ4n) is 1.52. The van der Waals surface area contributed by atoms with Gasteiger partial charge in [-0.25, -0.2) is 0 Å². The Bertz CT molecular complexity index is 581. The van der Waals surface area contributed by atoms with Crippen molar-refractivity contribution < 1.29 is 9.53 Å². The fourth-order valence-corrected chi connectivity index (χ4v) is 4.31. The molecule has 3 nitrogen and oxygen atoms in total. The molecule has 1 N–H and O–H groups in total. The second kappa shape index (κ2) is 6.54. The first kappa shape index (κ1) is 14.6. The zero-order valence-corrected chi connectivity index (χ0v) is 14.1. The van der Waals surface area contributed by atoms with Crippen molar-refractivity contribution in [1.82, 2.24) is 5.32 Å². The van der Waals surface area contributed by atoms with E-state index in [1.54, 1.807) is 13.2 Å². The standard InChI is InChI=1S/C13H11Br2NO2S/c1-18-9-4-2-8(3-5-9)7-16-13(17)10-6-11(14)19-12(10)15/h2-6H,7H2,1H3,(H,16,17). The van der Waals surface area contributed by atoms with Gasteiger partial charge in [0.2, 0.25) is 0 Å². The molecule has 0 aliphatic carbocycles. The third kappa shape index (κ3) is 3.81. The van der Waals surface area contributed by atoms with Gasteiger partial charge in [-0.2, -0.15) is 0 Å². The first-order chi connectivity index (χ1) is 9.10. The maximum atomic E-state index is 12.0. The number of benzene rings is 1. The van der Waals surface area contributed by atoms with Gasteiger partial charge in [0, 0.05) is 6.54 Å². The number of nitrogens with one attached hydrogen (secondary N) is 1. The number of thiophene rings is 1. The van der Waals surface area contributed by atoms with Crippen molar-refractivity contribution in [3.05, 3.63) is 49.0 Å². The van der Waals surface area contributed by atoms with Gasteiger partial charge in [0.1, 0.15) is 5.75 Å². The molecule has 2 aromatic rings. The van der Waals surface area contributed by atoms with Crippen LogP contribution in [-0.2, 0) is 6.54 Å². The Kier molecular flexibility index (Phi) is 5.01. The Morgan fingerprint density at radius 2 is 2.00 bits per heavy atom. The topological polar surface area (TPSA) is 38.3 Å². The molecular formula is C13H11Br2NO2S. The first-order valence-corrected chi connectivity index (χ1v) is 7.86. The lowest BCUT2D eigenvalue weighted by Crippen LogP contribution is -2.22. The number of halogens is 2. The smallest absolute Gasteiger partial charge is 0.253 e. The SMILES string of the molecule is COc1ccc(CNC(=O)c2cc(Br)sc2Br)cc1. The van der Waals surface area contributed by atoms with Crippen LogP contribution in [0.1, 0.15) is 15.9 Å². The van der Waals surface area contributed by atoms with Gasteiger partial charge in [0.15, 0.2) is 0 Å². The molecule has 0 aliphatic heterocycles. The number of amides is 1. The zero-order valence-electron chi connectivity index (χ0n) is 10.1. The minimum Gasteiger partial charge on any atom is -0.497 e. The molecule has 0 fully saturated rings. The molecule has 0 saturated carbocycles. The quantitative estimate of drug-likeness (QED) is 0.828. The van der Waals surface area contributed by atoms with Crippen molar-refractivity contribution in [2.24, 2.45) is 0 Å². The Morgan fingerprint density at radius 1 is 1.32 bits per heavy atom. The lowest BCUT2D eigenvalue weighted by atomic mass is 10.2. The second-order valence-electron chi connectivity index (χ2n) is 3.77. The molecule has 100 valence electrons. The van der Waals surface area contributed by atoms with Crippen LogP contribution in [0.5, 0.6) is 5.75 Å². The van der Waals surface area contributed by atoms with Crippen LogP contribution in [0.25, 0.3) is 0 Å². The summed E-state index contributed by atoms with van der Waals surface area (Å²) in [5.74, 6) is 0.712. The minimum atomic E-state index is -0.0929. The third-order valence-electron chi connectivity index (χ3n) is 2.51. The van der Waals surface area contributed by atoms with Crippen molar-refractivity contribution in [2.75, 3.05) is 7.11 Å². The van der Waals surface area contributed by atoms with Gasteiger partial charge in [-0.1, -0.05) is 12.1 Å². The van der Waals surface area contributed by atoms with Gasteiger partial charge in [-0.3, -0.25) is 4.79 Å². The van der Waals surface area contributed by atoms with E-state index in [0.29, 0.717) is 12.1 Å². The minimum absolute atomic E-state index is 0.0929. The molecule has 19 heavy (non-hydrogen) atoms. The Balaban J connectivity index is 1.98. The van der Waals surface area contributed by atoms with Crippen molar-refractivity contribution in [3.63, 3.8) is 0 Å². The number of hydrogen-bond donors (Lipinski definition) is 1. The molecule has 2 rings (SSSR count). The highest BCUT2D eigenvalue weighted by molar-refractivity contribution is 9.12. The molecule has 1 heterocycles. The molecule has 6 heteroatoms. The molecule has 0 saturated heterocycles. The van der Waals surface area contributed by atoms with Gasteiger partial charge >= 0.3 is 0 Å². The molecule has 0 bridgehead atoms. The van der Waals surface area contributed by atoms with E-state index < -0.39 is 0 Å². The van der Waals surface area contributed by atoms with Crippen LogP contribution in [0.15, 0.2) is 37.9 Å². The van der Waals surface area contributed by atoms with Crippen molar-refractivity contribution in [2.45, 2.75) is 6.54 Å². The summed E-state index contributed by atoms with van der Waals surface area (Å²) in [7, 11) is 1.63. The Morgan fingerprint density at radius 3 is 2.53 bits per heavy atom. The third-order valence-corrected chi connectivity index (χ3v) is 4.85. The van der Waals surface area contributed by atoms with Gasteiger partial charge in [-0.15, -0.1) is 11.3 Å². The molecule has 0 unspecified atom stereocenters. The van der Waals surface area contributed by atoms with Gasteiger partial charge in [0.25, 0.3) is 5.91 Å². The molecule has 0 atom stereocenters. The summed E-state index contributed by atoms with van der Waals surface area (Å²) >= 11 is 8.21. The van der Waals surface area contributed by atoms with E-state index in [2.05, 4.69) is 37.2 Å². The van der Waals surface area contributed by atoms with E-state index in [-0.39, 0.29) is 5.91 Å². The van der Waals surface area contributed by atoms with Crippen LogP contribution in [0.4, 0.5) is 0 Å². The van der Waals surface area contributed by atoms with Crippen LogP contribution in [0.3, 0.4) is 0 Å². The summed E-state index contributed by atoms with van der Waals surface area (Å²) in [6.07, 6.45) is 0. The average molecular weight is 405 g/mol. The van der Waals surface area contributed by atoms with E-state index in [1.807, 2.05) is 24.3 Å². The van der Waals surface area contributed by atoms with E-state index >= 15 is 0 Å². The number of ether oxygens (including phenoxy) is 1. The van der Waals surface area contributed by atoms with Crippen molar-refractivity contribution in [1.29, 1.82) is 0 Å². The fraction of sp³-hybridized carbons (Fsp3) is 0.154. The lowest BCUT2D eigenvalue weighted by Gasteiger charge is -2.05. The molecule has 0 spiro atoms. The summed E-state index contributed by atoms with van der Waals surface area (Å²) in [5.41, 5.74) is 1.67. The summed E-state index contributed by atoms with van der Waals surface area (Å²) in [4.78, 5) is 12.0. The van der Waals surface area contributed by atoms with E-state index in [9.17, 15) is 4.79 Å². The highest BCUT2D eigenvalue weighted by Crippen LogP contribution is 2.31. The van der Waals surface area contributed by atoms with Crippen LogP contribution in [0, 0.1) is 0 Å². The second-order valence-corrected chi connectivity index (χ2v) is 7.52. The van der Waals surface area contributed by atoms with Crippen molar-refractivity contribution in [3.8, 4) is 5.75 Å². The number of carbonyl (C=O) groups excluding carboxylic acids is 1. The molecule has 1 aromatic heterocycles. The van der Waals surface area contributed by atoms with Crippen molar-refractivity contribution >= 4 is 49.1 Å². The predicted molar refractivity (Wildman–Crippen MR) is 83.9 cm³/mol. The van der Waals surface area contributed by atoms with Gasteiger partial charge in [0.05, 0.1) is 20.2 Å². The predicted octanol–water partition coefficient (Wildman–Crippen LogP) is 4.21. The summed E-state index contributed by atoms with van der Waals surface area (Å²) < 4.78 is 6.84. The van der Waals surface area contributed by atoms with Crippen LogP contribution >= 0.6 is 43.2 Å². The maximum Gasteiger partial charge on any atom is 0.253 e. The normalized spacial score (nSPS) is 10.3. The highest BCUT2D eigenvalue weighted by atomic mass is 79.9. The van der Waals surface area contributed by atoms with Crippen LogP contribution < -0.4 is 10.1 Å². The Labute approximate surface area is 132 Å². The highest BCUT2D eigenvalue weighted by Gasteiger charge is 2.13. The number of methoxy groups -OCH3 is 1. The summed E-state index contributed by atoms with van der Waals surface area (Å²) in [6, 6.07) is 9.41. The number of carbonyl (C=O) groups is 1. The summed E-state index contributed by atoms with van der Waals surface area (Å²) in [6.45, 7) is 0.489. The number of rotatable bonds is 4. The monoisotopic (exact) mass is 403 g/mol. The lowest BCUT2D eigenvalue weighted by molar-refractivity contribution is 0.0950. The van der Waals surface area contributed by atoms with Gasteiger partial charge < -0.3 is 10.1 Å². The largest absolute Gasteiger partial charge is 0.497 e. The zero-order chi connectivity index (χ0) is 13.8. The first-order valence-electron chi connectivity index (χ1n) is 5.46. The van der Waals surface area contributed by atoms with Gasteiger partial charge in [-0.05, 0) is 55.6 Å². The maximum absolute atomic E-state index is 12.0. The molecule has 0 aliphatic rings. The van der Waals surface area contributed by atoms with Crippen LogP contribution in [-0.4, -0.2) is 13.0 Å². The molecule has 0 radical (unpaired) electrons. The van der Waals surface area contributed by atoms with Crippen LogP contribution in [0.2, 0.25) is 0 Å². The average Bonchev–Trinajstić information content (AvgIpc) is 2.75. The molecule has 1 amide bonds. The molecule has 1 aromatic carbocycles. The Hall–Kier alpha value is -0.850. The van der Waals surface area contributed by atoms with E-state index in [0.717, 1.165) is 18.9 Å². The number of hydrogen-bond acceptors (Lipinski definition) is 3.